The number of nitrogens with zero attached hydrogens (tertiary/aromatic N) is 4. The fourth-order valence-electron chi connectivity index (χ4n) is 3.86. The molecule has 14 heteroatoms. The number of pyridine rings is 1. The average molecular weight is 583 g/mol. The van der Waals surface area contributed by atoms with Gasteiger partial charge in [-0.3, -0.25) is 9.78 Å². The highest BCUT2D eigenvalue weighted by molar-refractivity contribution is 5.92. The van der Waals surface area contributed by atoms with Crippen LogP contribution in [0.4, 0.5) is 30.6 Å². The Kier molecular flexibility index (Phi) is 9.17. The first-order valence-electron chi connectivity index (χ1n) is 12.5. The molecule has 0 radical (unpaired) electrons. The Morgan fingerprint density at radius 2 is 1.69 bits per heavy atom. The lowest BCUT2D eigenvalue weighted by atomic mass is 10.1. The highest BCUT2D eigenvalue weighted by Crippen LogP contribution is 2.27. The predicted octanol–water partition coefficient (Wildman–Crippen LogP) is 4.50. The van der Waals surface area contributed by atoms with Crippen molar-refractivity contribution in [2.45, 2.75) is 18.7 Å². The number of ether oxygens (including phenoxy) is 1. The van der Waals surface area contributed by atoms with Crippen LogP contribution >= 0.6 is 0 Å². The van der Waals surface area contributed by atoms with Crippen LogP contribution in [0.25, 0.3) is 11.3 Å². The minimum Gasteiger partial charge on any atom is -0.475 e. The van der Waals surface area contributed by atoms with Gasteiger partial charge in [0.1, 0.15) is 23.0 Å². The molecule has 1 fully saturated rings. The minimum absolute atomic E-state index is 0.181. The molecule has 1 saturated heterocycles. The molecule has 1 atom stereocenters. The Balaban J connectivity index is 0.000000517. The third kappa shape index (κ3) is 8.14. The van der Waals surface area contributed by atoms with Crippen LogP contribution in [0.2, 0.25) is 0 Å². The normalized spacial score (nSPS) is 14.5. The summed E-state index contributed by atoms with van der Waals surface area (Å²) in [5.41, 5.74) is 8.67. The molecule has 3 heterocycles. The molecule has 0 aliphatic carbocycles. The van der Waals surface area contributed by atoms with Crippen LogP contribution in [-0.2, 0) is 4.79 Å². The number of nitrogens with one attached hydrogen (secondary N) is 1. The monoisotopic (exact) mass is 582 g/mol. The van der Waals surface area contributed by atoms with Crippen molar-refractivity contribution < 1.29 is 37.7 Å². The number of likely N-dealkylation sites (tertiary alicyclic amines) is 1. The summed E-state index contributed by atoms with van der Waals surface area (Å²) in [6.45, 7) is 0.844. The van der Waals surface area contributed by atoms with Gasteiger partial charge in [-0.15, -0.1) is 0 Å². The molecule has 5 rings (SSSR count). The van der Waals surface area contributed by atoms with Crippen molar-refractivity contribution >= 4 is 29.3 Å². The van der Waals surface area contributed by atoms with Crippen molar-refractivity contribution in [2.75, 3.05) is 24.1 Å². The Labute approximate surface area is 237 Å². The number of rotatable bonds is 6. The summed E-state index contributed by atoms with van der Waals surface area (Å²) < 4.78 is 37.7. The molecular formula is C28H25F3N6O5. The van der Waals surface area contributed by atoms with E-state index in [-0.39, 0.29) is 17.5 Å². The number of anilines is 3. The van der Waals surface area contributed by atoms with E-state index < -0.39 is 18.2 Å². The minimum atomic E-state index is -5.08. The van der Waals surface area contributed by atoms with Gasteiger partial charge in [-0.2, -0.15) is 18.2 Å². The molecular weight excluding hydrogens is 557 g/mol. The summed E-state index contributed by atoms with van der Waals surface area (Å²) in [7, 11) is 0. The van der Waals surface area contributed by atoms with E-state index in [0.29, 0.717) is 36.8 Å². The van der Waals surface area contributed by atoms with Crippen LogP contribution in [0.5, 0.6) is 11.5 Å². The fraction of sp³-hybridized carbons (Fsp3) is 0.179. The van der Waals surface area contributed by atoms with E-state index in [9.17, 15) is 23.1 Å². The fourth-order valence-corrected chi connectivity index (χ4v) is 3.86. The van der Waals surface area contributed by atoms with Gasteiger partial charge in [-0.25, -0.2) is 9.78 Å². The van der Waals surface area contributed by atoms with E-state index in [1.807, 2.05) is 60.7 Å². The SMILES string of the molecule is Nc1nc(Nc2ccc(Oc3ccnc(C(=O)N4CC[C@@H](O)C4)c3)cc2)cc(-c2ccccc2)n1.O=C(O)C(F)(F)F. The van der Waals surface area contributed by atoms with Crippen LogP contribution in [0.3, 0.4) is 0 Å². The van der Waals surface area contributed by atoms with Gasteiger partial charge in [0.05, 0.1) is 11.8 Å². The molecule has 1 aliphatic rings. The van der Waals surface area contributed by atoms with E-state index in [4.69, 9.17) is 20.4 Å². The smallest absolute Gasteiger partial charge is 0.475 e. The zero-order chi connectivity index (χ0) is 30.3. The number of β-amino-alcohol motifs (C(OH)–C–C–N with tert-alkyl or cyclic N) is 1. The number of aromatic nitrogens is 3. The lowest BCUT2D eigenvalue weighted by Crippen LogP contribution is -2.30. The quantitative estimate of drug-likeness (QED) is 0.255. The van der Waals surface area contributed by atoms with Crippen molar-refractivity contribution in [3.63, 3.8) is 0 Å². The molecule has 218 valence electrons. The number of carbonyl (C=O) groups is 2. The van der Waals surface area contributed by atoms with E-state index in [0.717, 1.165) is 16.9 Å². The largest absolute Gasteiger partial charge is 0.490 e. The highest BCUT2D eigenvalue weighted by Gasteiger charge is 2.38. The van der Waals surface area contributed by atoms with Gasteiger partial charge in [0.15, 0.2) is 0 Å². The maximum absolute atomic E-state index is 12.6. The van der Waals surface area contributed by atoms with Crippen LogP contribution in [0.1, 0.15) is 16.9 Å². The molecule has 1 amide bonds. The maximum Gasteiger partial charge on any atom is 0.490 e. The highest BCUT2D eigenvalue weighted by atomic mass is 19.4. The van der Waals surface area contributed by atoms with Crippen LogP contribution in [-0.4, -0.2) is 67.3 Å². The summed E-state index contributed by atoms with van der Waals surface area (Å²) in [5.74, 6) is -1.11. The summed E-state index contributed by atoms with van der Waals surface area (Å²) in [6.07, 6.45) is -3.44. The number of alkyl halides is 3. The first-order chi connectivity index (χ1) is 20.0. The summed E-state index contributed by atoms with van der Waals surface area (Å²) in [6, 6.07) is 22.2. The molecule has 0 unspecified atom stereocenters. The van der Waals surface area contributed by atoms with E-state index >= 15 is 0 Å². The molecule has 42 heavy (non-hydrogen) atoms. The number of halogens is 3. The summed E-state index contributed by atoms with van der Waals surface area (Å²) in [4.78, 5) is 35.9. The number of carbonyl (C=O) groups excluding carboxylic acids is 1. The standard InChI is InChI=1S/C26H24N6O3.C2HF3O2/c27-26-30-22(17-4-2-1-3-5-17)15-24(31-26)29-18-6-8-20(9-7-18)35-21-10-12-28-23(14-21)25(34)32-13-11-19(33)16-32;3-2(4,5)1(6)7/h1-10,12,14-15,19,33H,11,13,16H2,(H3,27,29,30,31);(H,6,7)/t19-;/m1./s1. The van der Waals surface area contributed by atoms with Crippen molar-refractivity contribution in [2.24, 2.45) is 0 Å². The third-order valence-electron chi connectivity index (χ3n) is 5.82. The zero-order valence-corrected chi connectivity index (χ0v) is 21.8. The molecule has 11 nitrogen and oxygen atoms in total. The molecule has 0 bridgehead atoms. The van der Waals surface area contributed by atoms with Gasteiger partial charge >= 0.3 is 12.1 Å². The Bertz CT molecular complexity index is 1540. The number of aliphatic hydroxyl groups excluding tert-OH is 1. The topological polar surface area (TPSA) is 164 Å². The number of nitrogens with two attached hydrogens (primary N) is 1. The van der Waals surface area contributed by atoms with Gasteiger partial charge in [0.2, 0.25) is 5.95 Å². The second kappa shape index (κ2) is 13.0. The van der Waals surface area contributed by atoms with Crippen molar-refractivity contribution in [1.29, 1.82) is 0 Å². The Morgan fingerprint density at radius 1 is 1.00 bits per heavy atom. The number of benzene rings is 2. The molecule has 0 saturated carbocycles. The molecule has 5 N–H and O–H groups in total. The van der Waals surface area contributed by atoms with Crippen LogP contribution in [0, 0.1) is 0 Å². The van der Waals surface area contributed by atoms with Crippen LogP contribution < -0.4 is 15.8 Å². The number of carboxylic acids is 1. The molecule has 2 aromatic carbocycles. The van der Waals surface area contributed by atoms with Crippen LogP contribution in [0.15, 0.2) is 79.0 Å². The number of hydrogen-bond acceptors (Lipinski definition) is 9. The number of aliphatic carboxylic acids is 1. The summed E-state index contributed by atoms with van der Waals surface area (Å²) in [5, 5.41) is 20.0. The Morgan fingerprint density at radius 3 is 2.31 bits per heavy atom. The second-order valence-corrected chi connectivity index (χ2v) is 8.99. The number of aliphatic hydroxyl groups is 1. The second-order valence-electron chi connectivity index (χ2n) is 8.99. The van der Waals surface area contributed by atoms with Gasteiger partial charge in [0, 0.05) is 42.7 Å². The zero-order valence-electron chi connectivity index (χ0n) is 21.8. The average Bonchev–Trinajstić information content (AvgIpc) is 3.40. The maximum atomic E-state index is 12.6. The Hall–Kier alpha value is -5.24. The first-order valence-corrected chi connectivity index (χ1v) is 12.5. The van der Waals surface area contributed by atoms with Gasteiger partial charge in [0.25, 0.3) is 5.91 Å². The molecule has 0 spiro atoms. The number of amides is 1. The van der Waals surface area contributed by atoms with Crippen molar-refractivity contribution in [3.05, 3.63) is 84.7 Å². The van der Waals surface area contributed by atoms with Gasteiger partial charge in [-0.05, 0) is 36.8 Å². The van der Waals surface area contributed by atoms with E-state index in [1.54, 1.807) is 17.0 Å². The molecule has 1 aliphatic heterocycles. The van der Waals surface area contributed by atoms with E-state index in [1.165, 1.54) is 6.20 Å². The predicted molar refractivity (Wildman–Crippen MR) is 146 cm³/mol. The number of nitrogen functional groups attached to an aromatic ring is 1. The lowest BCUT2D eigenvalue weighted by Gasteiger charge is -2.15. The van der Waals surface area contributed by atoms with E-state index in [2.05, 4.69) is 20.3 Å². The summed E-state index contributed by atoms with van der Waals surface area (Å²) >= 11 is 0. The third-order valence-corrected chi connectivity index (χ3v) is 5.82. The first kappa shape index (κ1) is 29.7. The molecule has 4 aromatic rings. The lowest BCUT2D eigenvalue weighted by molar-refractivity contribution is -0.192. The van der Waals surface area contributed by atoms with Crippen molar-refractivity contribution in [1.82, 2.24) is 19.9 Å². The van der Waals surface area contributed by atoms with Crippen molar-refractivity contribution in [3.8, 4) is 22.8 Å². The number of hydrogen-bond donors (Lipinski definition) is 4. The molecule has 2 aromatic heterocycles. The van der Waals surface area contributed by atoms with Gasteiger partial charge in [-0.1, -0.05) is 30.3 Å². The van der Waals surface area contributed by atoms with Gasteiger partial charge < -0.3 is 30.9 Å². The number of carboxylic acid groups (broad SMARTS) is 1.